The van der Waals surface area contributed by atoms with Crippen molar-refractivity contribution in [3.8, 4) is 0 Å². The molecule has 1 aromatic heterocycles. The van der Waals surface area contributed by atoms with Crippen LogP contribution in [0.3, 0.4) is 0 Å². The molecule has 25 heavy (non-hydrogen) atoms. The molecule has 132 valence electrons. The van der Waals surface area contributed by atoms with Crippen molar-refractivity contribution in [1.29, 1.82) is 0 Å². The molecule has 9 heteroatoms. The number of halogens is 1. The maximum atomic E-state index is 13.0. The first-order chi connectivity index (χ1) is 11.7. The Kier molecular flexibility index (Phi) is 3.94. The van der Waals surface area contributed by atoms with E-state index in [1.165, 1.54) is 29.2 Å². The Hall–Kier alpha value is -2.97. The third-order valence-electron chi connectivity index (χ3n) is 3.57. The number of nitrogens with one attached hydrogen (secondary N) is 1. The number of aromatic nitrogens is 3. The summed E-state index contributed by atoms with van der Waals surface area (Å²) in [5, 5.41) is 6.81. The highest BCUT2D eigenvalue weighted by Crippen LogP contribution is 2.22. The summed E-state index contributed by atoms with van der Waals surface area (Å²) in [6.45, 7) is 5.29. The van der Waals surface area contributed by atoms with Crippen LogP contribution in [0.1, 0.15) is 26.6 Å². The summed E-state index contributed by atoms with van der Waals surface area (Å²) in [5.74, 6) is -0.544. The first kappa shape index (κ1) is 16.9. The van der Waals surface area contributed by atoms with Gasteiger partial charge in [0.05, 0.1) is 6.54 Å². The highest BCUT2D eigenvalue weighted by Gasteiger charge is 2.33. The smallest absolute Gasteiger partial charge is 0.350 e. The second-order valence-corrected chi connectivity index (χ2v) is 6.84. The molecule has 0 atom stereocenters. The number of hydrogen-bond donors (Lipinski definition) is 1. The minimum absolute atomic E-state index is 0.0770. The molecule has 0 saturated heterocycles. The SMILES string of the molecule is CC(C)(C)NC(=O)Cn1nc2n(c1=O)C(=O)N(c1ccc(F)cc1)C2. The minimum atomic E-state index is -0.673. The van der Waals surface area contributed by atoms with Gasteiger partial charge in [-0.2, -0.15) is 9.67 Å². The fourth-order valence-corrected chi connectivity index (χ4v) is 2.60. The van der Waals surface area contributed by atoms with E-state index in [4.69, 9.17) is 0 Å². The fourth-order valence-electron chi connectivity index (χ4n) is 2.60. The lowest BCUT2D eigenvalue weighted by Gasteiger charge is -2.20. The van der Waals surface area contributed by atoms with Gasteiger partial charge < -0.3 is 5.32 Å². The molecule has 2 heterocycles. The number of benzene rings is 1. The normalized spacial score (nSPS) is 13.9. The van der Waals surface area contributed by atoms with Crippen molar-refractivity contribution in [3.63, 3.8) is 0 Å². The van der Waals surface area contributed by atoms with Gasteiger partial charge in [0.25, 0.3) is 0 Å². The van der Waals surface area contributed by atoms with Gasteiger partial charge in [-0.1, -0.05) is 0 Å². The number of nitrogens with zero attached hydrogens (tertiary/aromatic N) is 4. The van der Waals surface area contributed by atoms with Gasteiger partial charge in [-0.05, 0) is 45.0 Å². The molecule has 0 radical (unpaired) electrons. The Balaban J connectivity index is 1.81. The molecule has 2 aromatic rings. The summed E-state index contributed by atoms with van der Waals surface area (Å²) >= 11 is 0. The number of carbonyl (C=O) groups is 2. The highest BCUT2D eigenvalue weighted by atomic mass is 19.1. The molecule has 2 amide bonds. The van der Waals surface area contributed by atoms with Crippen LogP contribution in [0, 0.1) is 5.82 Å². The van der Waals surface area contributed by atoms with Crippen molar-refractivity contribution >= 4 is 17.6 Å². The molecule has 0 aliphatic carbocycles. The Bertz CT molecular complexity index is 892. The fraction of sp³-hybridized carbons (Fsp3) is 0.375. The summed E-state index contributed by atoms with van der Waals surface area (Å²) in [6.07, 6.45) is 0. The summed E-state index contributed by atoms with van der Waals surface area (Å²) in [4.78, 5) is 38.1. The van der Waals surface area contributed by atoms with Crippen LogP contribution in [0.4, 0.5) is 14.9 Å². The van der Waals surface area contributed by atoms with E-state index in [-0.39, 0.29) is 24.8 Å². The maximum absolute atomic E-state index is 13.0. The lowest BCUT2D eigenvalue weighted by Crippen LogP contribution is -2.44. The molecule has 1 aliphatic rings. The van der Waals surface area contributed by atoms with E-state index < -0.39 is 23.1 Å². The van der Waals surface area contributed by atoms with Gasteiger partial charge in [0, 0.05) is 11.2 Å². The standard InChI is InChI=1S/C16H18FN5O3/c1-16(2,3)18-13(23)9-21-15(25)22-12(19-21)8-20(14(22)24)11-6-4-10(17)5-7-11/h4-7H,8-9H2,1-3H3,(H,18,23). The van der Waals surface area contributed by atoms with Crippen molar-refractivity contribution < 1.29 is 14.0 Å². The monoisotopic (exact) mass is 347 g/mol. The summed E-state index contributed by atoms with van der Waals surface area (Å²) in [5.41, 5.74) is -0.639. The summed E-state index contributed by atoms with van der Waals surface area (Å²) in [7, 11) is 0. The van der Waals surface area contributed by atoms with Crippen LogP contribution in [0.5, 0.6) is 0 Å². The first-order valence-corrected chi connectivity index (χ1v) is 7.73. The summed E-state index contributed by atoms with van der Waals surface area (Å²) < 4.78 is 14.9. The average Bonchev–Trinajstić information content (AvgIpc) is 2.96. The largest absolute Gasteiger partial charge is 0.354 e. The maximum Gasteiger partial charge on any atom is 0.354 e. The second kappa shape index (κ2) is 5.83. The van der Waals surface area contributed by atoms with Crippen LogP contribution < -0.4 is 15.9 Å². The second-order valence-electron chi connectivity index (χ2n) is 6.84. The van der Waals surface area contributed by atoms with E-state index in [0.717, 1.165) is 9.25 Å². The minimum Gasteiger partial charge on any atom is -0.350 e. The zero-order valence-electron chi connectivity index (χ0n) is 14.1. The lowest BCUT2D eigenvalue weighted by atomic mass is 10.1. The van der Waals surface area contributed by atoms with Gasteiger partial charge in [0.15, 0.2) is 5.82 Å². The topological polar surface area (TPSA) is 89.2 Å². The zero-order chi connectivity index (χ0) is 18.4. The molecule has 0 saturated carbocycles. The van der Waals surface area contributed by atoms with Crippen LogP contribution in [0.15, 0.2) is 29.1 Å². The Morgan fingerprint density at radius 3 is 2.44 bits per heavy atom. The van der Waals surface area contributed by atoms with Crippen molar-refractivity contribution in [2.75, 3.05) is 4.90 Å². The molecule has 1 aliphatic heterocycles. The number of hydrogen-bond acceptors (Lipinski definition) is 4. The van der Waals surface area contributed by atoms with Gasteiger partial charge in [-0.15, -0.1) is 0 Å². The van der Waals surface area contributed by atoms with Crippen LogP contribution >= 0.6 is 0 Å². The third kappa shape index (κ3) is 3.30. The first-order valence-electron chi connectivity index (χ1n) is 7.73. The van der Waals surface area contributed by atoms with Crippen LogP contribution in [-0.4, -0.2) is 31.8 Å². The van der Waals surface area contributed by atoms with Crippen molar-refractivity contribution in [3.05, 3.63) is 46.4 Å². The number of carbonyl (C=O) groups excluding carboxylic acids is 2. The molecular formula is C16H18FN5O3. The Morgan fingerprint density at radius 2 is 1.88 bits per heavy atom. The molecule has 0 unspecified atom stereocenters. The van der Waals surface area contributed by atoms with E-state index in [1.807, 2.05) is 20.8 Å². The summed E-state index contributed by atoms with van der Waals surface area (Å²) in [6, 6.07) is 4.80. The zero-order valence-corrected chi connectivity index (χ0v) is 14.1. The van der Waals surface area contributed by atoms with Crippen molar-refractivity contribution in [2.45, 2.75) is 39.4 Å². The van der Waals surface area contributed by atoms with E-state index in [0.29, 0.717) is 5.69 Å². The molecule has 0 bridgehead atoms. The van der Waals surface area contributed by atoms with E-state index in [2.05, 4.69) is 10.4 Å². The molecule has 1 N–H and O–H groups in total. The van der Waals surface area contributed by atoms with E-state index >= 15 is 0 Å². The number of fused-ring (bicyclic) bond motifs is 1. The van der Waals surface area contributed by atoms with Crippen LogP contribution in [0.25, 0.3) is 0 Å². The van der Waals surface area contributed by atoms with Gasteiger partial charge in [-0.3, -0.25) is 9.69 Å². The van der Waals surface area contributed by atoms with Gasteiger partial charge >= 0.3 is 11.7 Å². The van der Waals surface area contributed by atoms with E-state index in [9.17, 15) is 18.8 Å². The predicted molar refractivity (Wildman–Crippen MR) is 87.8 cm³/mol. The molecular weight excluding hydrogens is 329 g/mol. The van der Waals surface area contributed by atoms with E-state index in [1.54, 1.807) is 0 Å². The van der Waals surface area contributed by atoms with Gasteiger partial charge in [-0.25, -0.2) is 18.7 Å². The van der Waals surface area contributed by atoms with Crippen molar-refractivity contribution in [1.82, 2.24) is 19.7 Å². The van der Waals surface area contributed by atoms with Crippen LogP contribution in [-0.2, 0) is 17.9 Å². The van der Waals surface area contributed by atoms with Crippen molar-refractivity contribution in [2.24, 2.45) is 0 Å². The average molecular weight is 347 g/mol. The molecule has 0 fully saturated rings. The molecule has 8 nitrogen and oxygen atoms in total. The third-order valence-corrected chi connectivity index (χ3v) is 3.57. The quantitative estimate of drug-likeness (QED) is 0.900. The number of rotatable bonds is 3. The highest BCUT2D eigenvalue weighted by molar-refractivity contribution is 5.96. The van der Waals surface area contributed by atoms with Gasteiger partial charge in [0.2, 0.25) is 5.91 Å². The Morgan fingerprint density at radius 1 is 1.24 bits per heavy atom. The predicted octanol–water partition coefficient (Wildman–Crippen LogP) is 1.09. The van der Waals surface area contributed by atoms with Crippen LogP contribution in [0.2, 0.25) is 0 Å². The van der Waals surface area contributed by atoms with Gasteiger partial charge in [0.1, 0.15) is 12.4 Å². The number of amides is 2. The molecule has 0 spiro atoms. The lowest BCUT2D eigenvalue weighted by molar-refractivity contribution is -0.123. The molecule has 3 rings (SSSR count). The molecule has 1 aromatic carbocycles. The Labute approximate surface area is 142 Å². The number of anilines is 1.